The molecule has 3 rings (SSSR count). The molecule has 0 aliphatic carbocycles. The van der Waals surface area contributed by atoms with Crippen molar-refractivity contribution in [2.45, 2.75) is 6.92 Å². The predicted octanol–water partition coefficient (Wildman–Crippen LogP) is 2.20. The minimum absolute atomic E-state index is 0. The maximum atomic E-state index is 8.89. The summed E-state index contributed by atoms with van der Waals surface area (Å²) in [4.78, 5) is 8.89. The maximum absolute atomic E-state index is 8.89. The van der Waals surface area contributed by atoms with E-state index in [1.807, 2.05) is 0 Å². The summed E-state index contributed by atoms with van der Waals surface area (Å²) in [5.41, 5.74) is 0. The molecule has 0 bridgehead atoms. The van der Waals surface area contributed by atoms with Crippen LogP contribution in [0.15, 0.2) is 91.0 Å². The molecule has 2 nitrogen and oxygen atoms in total. The van der Waals surface area contributed by atoms with Gasteiger partial charge in [-0.05, 0) is 30.8 Å². The first-order valence-corrected chi connectivity index (χ1v) is 8.65. The second-order valence-corrected chi connectivity index (χ2v) is 7.05. The monoisotopic (exact) mass is 516 g/mol. The third-order valence-electron chi connectivity index (χ3n) is 3.04. The van der Waals surface area contributed by atoms with E-state index in [0.717, 1.165) is 6.92 Å². The van der Waals surface area contributed by atoms with Crippen molar-refractivity contribution in [3.63, 3.8) is 0 Å². The Morgan fingerprint density at radius 3 is 1.08 bits per heavy atom. The molecule has 3 aromatic rings. The zero-order valence-electron chi connectivity index (χ0n) is 13.2. The maximum Gasteiger partial charge on any atom is 2.00 e. The van der Waals surface area contributed by atoms with Crippen LogP contribution in [0.25, 0.3) is 0 Å². The molecule has 0 fully saturated rings. The Kier molecular flexibility index (Phi) is 9.23. The van der Waals surface area contributed by atoms with Crippen LogP contribution in [0.1, 0.15) is 6.92 Å². The van der Waals surface area contributed by atoms with Gasteiger partial charge in [-0.15, -0.1) is 0 Å². The van der Waals surface area contributed by atoms with Gasteiger partial charge in [0.25, 0.3) is 0 Å². The van der Waals surface area contributed by atoms with Gasteiger partial charge in [0.05, 0.1) is 0 Å². The summed E-state index contributed by atoms with van der Waals surface area (Å²) in [6.45, 7) is 0.972. The zero-order chi connectivity index (χ0) is 16.5. The van der Waals surface area contributed by atoms with Gasteiger partial charge in [0, 0.05) is 5.97 Å². The molecule has 124 valence electrons. The number of hydrogen-bond acceptors (Lipinski definition) is 2. The van der Waals surface area contributed by atoms with Crippen molar-refractivity contribution in [3.05, 3.63) is 91.0 Å². The van der Waals surface area contributed by atoms with Gasteiger partial charge in [0.2, 0.25) is 0 Å². The standard InChI is InChI=1S/C18H15P.C2H4O2.Pt/c1-4-10-16(11-5-1)19(17-12-6-2-7-13-17)18-14-8-3-9-15-18;1-2(3)4;/h1-15H;1H3,(H,3,4);/q;;+2/p-1. The number of carbonyl (C=O) groups is 1. The average molecular weight is 516 g/mol. The smallest absolute Gasteiger partial charge is 0.550 e. The minimum Gasteiger partial charge on any atom is -0.550 e. The summed E-state index contributed by atoms with van der Waals surface area (Å²) in [6.07, 6.45) is 0. The predicted molar refractivity (Wildman–Crippen MR) is 95.8 cm³/mol. The van der Waals surface area contributed by atoms with E-state index in [2.05, 4.69) is 91.0 Å². The summed E-state index contributed by atoms with van der Waals surface area (Å²) < 4.78 is 0. The van der Waals surface area contributed by atoms with E-state index in [9.17, 15) is 0 Å². The second kappa shape index (κ2) is 10.9. The molecular formula is C20H18O2PPt+. The van der Waals surface area contributed by atoms with Crippen molar-refractivity contribution < 1.29 is 31.0 Å². The van der Waals surface area contributed by atoms with Crippen LogP contribution in [0.5, 0.6) is 0 Å². The van der Waals surface area contributed by atoms with Gasteiger partial charge in [-0.25, -0.2) is 0 Å². The Hall–Kier alpha value is -1.75. The molecule has 0 aliphatic rings. The first-order valence-electron chi connectivity index (χ1n) is 7.31. The van der Waals surface area contributed by atoms with Crippen molar-refractivity contribution in [2.75, 3.05) is 0 Å². The van der Waals surface area contributed by atoms with Crippen molar-refractivity contribution in [3.8, 4) is 0 Å². The van der Waals surface area contributed by atoms with Gasteiger partial charge >= 0.3 is 21.1 Å². The molecule has 4 heteroatoms. The molecule has 0 radical (unpaired) electrons. The van der Waals surface area contributed by atoms with Gasteiger partial charge in [-0.3, -0.25) is 0 Å². The molecular weight excluding hydrogens is 498 g/mol. The van der Waals surface area contributed by atoms with Crippen molar-refractivity contribution >= 4 is 29.8 Å². The topological polar surface area (TPSA) is 40.1 Å². The van der Waals surface area contributed by atoms with Crippen LogP contribution in [0.3, 0.4) is 0 Å². The summed E-state index contributed by atoms with van der Waals surface area (Å²) >= 11 is 0. The van der Waals surface area contributed by atoms with Crippen LogP contribution in [-0.4, -0.2) is 5.97 Å². The molecule has 0 N–H and O–H groups in total. The first-order chi connectivity index (χ1) is 11.2. The molecule has 0 heterocycles. The number of benzene rings is 3. The molecule has 0 amide bonds. The molecule has 0 unspecified atom stereocenters. The van der Waals surface area contributed by atoms with Crippen molar-refractivity contribution in [2.24, 2.45) is 0 Å². The Labute approximate surface area is 158 Å². The van der Waals surface area contributed by atoms with E-state index >= 15 is 0 Å². The van der Waals surface area contributed by atoms with Crippen LogP contribution in [0, 0.1) is 0 Å². The van der Waals surface area contributed by atoms with Crippen molar-refractivity contribution in [1.82, 2.24) is 0 Å². The van der Waals surface area contributed by atoms with Crippen LogP contribution < -0.4 is 21.0 Å². The van der Waals surface area contributed by atoms with Gasteiger partial charge in [-0.2, -0.15) is 0 Å². The van der Waals surface area contributed by atoms with Crippen LogP contribution in [0.2, 0.25) is 0 Å². The SMILES string of the molecule is CC(=O)[O-].[Pt+2].c1ccc(P(c2ccccc2)c2ccccc2)cc1. The summed E-state index contributed by atoms with van der Waals surface area (Å²) in [6, 6.07) is 32.3. The van der Waals surface area contributed by atoms with Crippen LogP contribution in [0.4, 0.5) is 0 Å². The van der Waals surface area contributed by atoms with Gasteiger partial charge in [-0.1, -0.05) is 91.0 Å². The van der Waals surface area contributed by atoms with E-state index in [4.69, 9.17) is 9.90 Å². The zero-order valence-corrected chi connectivity index (χ0v) is 16.4. The van der Waals surface area contributed by atoms with Crippen molar-refractivity contribution in [1.29, 1.82) is 0 Å². The molecule has 0 atom stereocenters. The van der Waals surface area contributed by atoms with E-state index < -0.39 is 13.9 Å². The Balaban J connectivity index is 0.000000522. The Morgan fingerprint density at radius 1 is 0.667 bits per heavy atom. The number of carbonyl (C=O) groups excluding carboxylic acids is 1. The molecule has 0 spiro atoms. The summed E-state index contributed by atoms with van der Waals surface area (Å²) in [5, 5.41) is 13.1. The van der Waals surface area contributed by atoms with Crippen LogP contribution in [-0.2, 0) is 25.9 Å². The summed E-state index contributed by atoms with van der Waals surface area (Å²) in [7, 11) is -0.446. The largest absolute Gasteiger partial charge is 2.00 e. The number of rotatable bonds is 3. The minimum atomic E-state index is -1.08. The number of hydrogen-bond donors (Lipinski definition) is 0. The Bertz CT molecular complexity index is 620. The molecule has 0 saturated carbocycles. The molecule has 0 aromatic heterocycles. The third kappa shape index (κ3) is 6.40. The van der Waals surface area contributed by atoms with Crippen LogP contribution >= 0.6 is 7.92 Å². The fraction of sp³-hybridized carbons (Fsp3) is 0.0500. The number of carboxylic acids is 1. The number of aliphatic carboxylic acids is 1. The number of carboxylic acid groups (broad SMARTS) is 1. The van der Waals surface area contributed by atoms with E-state index in [1.54, 1.807) is 0 Å². The molecule has 24 heavy (non-hydrogen) atoms. The first kappa shape index (κ1) is 20.3. The molecule has 0 saturated heterocycles. The normalized spacial score (nSPS) is 9.42. The van der Waals surface area contributed by atoms with E-state index in [0.29, 0.717) is 0 Å². The van der Waals surface area contributed by atoms with Gasteiger partial charge < -0.3 is 9.90 Å². The fourth-order valence-electron chi connectivity index (χ4n) is 2.18. The molecule has 0 aliphatic heterocycles. The van der Waals surface area contributed by atoms with E-state index in [-0.39, 0.29) is 21.1 Å². The fourth-order valence-corrected chi connectivity index (χ4v) is 4.48. The van der Waals surface area contributed by atoms with Gasteiger partial charge in [0.1, 0.15) is 0 Å². The third-order valence-corrected chi connectivity index (χ3v) is 5.49. The second-order valence-electron chi connectivity index (χ2n) is 4.83. The average Bonchev–Trinajstić information content (AvgIpc) is 2.58. The summed E-state index contributed by atoms with van der Waals surface area (Å²) in [5.74, 6) is -1.08. The van der Waals surface area contributed by atoms with E-state index in [1.165, 1.54) is 15.9 Å². The Morgan fingerprint density at radius 2 is 0.875 bits per heavy atom. The van der Waals surface area contributed by atoms with Gasteiger partial charge in [0.15, 0.2) is 0 Å². The quantitative estimate of drug-likeness (QED) is 0.501. The molecule has 3 aromatic carbocycles.